The molecule has 2 rings (SSSR count). The highest BCUT2D eigenvalue weighted by molar-refractivity contribution is 9.10. The van der Waals surface area contributed by atoms with Gasteiger partial charge in [-0.25, -0.2) is 0 Å². The number of hydrogen-bond acceptors (Lipinski definition) is 4. The number of carbonyl (C=O) groups is 3. The lowest BCUT2D eigenvalue weighted by atomic mass is 10.0. The molecule has 1 atom stereocenters. The largest absolute Gasteiger partial charge is 0.481 e. The first-order chi connectivity index (χ1) is 9.90. The van der Waals surface area contributed by atoms with Crippen molar-refractivity contribution in [3.8, 4) is 0 Å². The average molecular weight is 356 g/mol. The van der Waals surface area contributed by atoms with Crippen molar-refractivity contribution in [2.24, 2.45) is 5.73 Å². The third-order valence-electron chi connectivity index (χ3n) is 3.23. The maximum Gasteiger partial charge on any atom is 0.305 e. The number of carboxylic acid groups (broad SMARTS) is 1. The second kappa shape index (κ2) is 6.13. The smallest absolute Gasteiger partial charge is 0.305 e. The Labute approximate surface area is 129 Å². The third-order valence-corrected chi connectivity index (χ3v) is 3.73. The van der Waals surface area contributed by atoms with Gasteiger partial charge in [-0.1, -0.05) is 15.9 Å². The Hall–Kier alpha value is -2.09. The topological polar surface area (TPSA) is 113 Å². The van der Waals surface area contributed by atoms with Crippen LogP contribution >= 0.6 is 15.9 Å². The Bertz CT molecular complexity index is 605. The lowest BCUT2D eigenvalue weighted by Crippen LogP contribution is -2.56. The van der Waals surface area contributed by atoms with E-state index in [9.17, 15) is 14.4 Å². The van der Waals surface area contributed by atoms with Gasteiger partial charge in [0.2, 0.25) is 5.91 Å². The molecule has 112 valence electrons. The van der Waals surface area contributed by atoms with Crippen LogP contribution in [0.25, 0.3) is 0 Å². The van der Waals surface area contributed by atoms with Gasteiger partial charge in [-0.15, -0.1) is 0 Å². The van der Waals surface area contributed by atoms with Crippen molar-refractivity contribution in [3.63, 3.8) is 0 Å². The van der Waals surface area contributed by atoms with E-state index in [0.717, 1.165) is 0 Å². The van der Waals surface area contributed by atoms with E-state index < -0.39 is 17.9 Å². The van der Waals surface area contributed by atoms with Crippen LogP contribution in [0.1, 0.15) is 16.8 Å². The minimum Gasteiger partial charge on any atom is -0.481 e. The third kappa shape index (κ3) is 3.33. The van der Waals surface area contributed by atoms with Crippen LogP contribution < -0.4 is 16.0 Å². The first kappa shape index (κ1) is 15.3. The summed E-state index contributed by atoms with van der Waals surface area (Å²) in [6.07, 6.45) is -0.351. The van der Waals surface area contributed by atoms with E-state index in [1.807, 2.05) is 0 Å². The lowest BCUT2D eigenvalue weighted by Gasteiger charge is -2.37. The maximum atomic E-state index is 11.9. The highest BCUT2D eigenvalue weighted by atomic mass is 79.9. The number of primary amides is 1. The fourth-order valence-corrected chi connectivity index (χ4v) is 2.67. The Kier molecular flexibility index (Phi) is 4.46. The van der Waals surface area contributed by atoms with Gasteiger partial charge < -0.3 is 21.1 Å². The summed E-state index contributed by atoms with van der Waals surface area (Å²) in [7, 11) is 0. The van der Waals surface area contributed by atoms with Crippen LogP contribution in [0, 0.1) is 0 Å². The monoisotopic (exact) mass is 355 g/mol. The van der Waals surface area contributed by atoms with Gasteiger partial charge in [-0.2, -0.15) is 0 Å². The van der Waals surface area contributed by atoms with E-state index in [2.05, 4.69) is 21.2 Å². The lowest BCUT2D eigenvalue weighted by molar-refractivity contribution is -0.139. The summed E-state index contributed by atoms with van der Waals surface area (Å²) >= 11 is 3.30. The highest BCUT2D eigenvalue weighted by Crippen LogP contribution is 2.28. The number of aliphatic carboxylic acids is 1. The van der Waals surface area contributed by atoms with Crippen LogP contribution in [0.3, 0.4) is 0 Å². The number of amides is 2. The number of piperazine rings is 1. The molecule has 1 unspecified atom stereocenters. The second-order valence-electron chi connectivity index (χ2n) is 4.62. The van der Waals surface area contributed by atoms with Crippen molar-refractivity contribution in [3.05, 3.63) is 28.2 Å². The molecule has 8 heteroatoms. The van der Waals surface area contributed by atoms with Gasteiger partial charge >= 0.3 is 5.97 Å². The number of rotatable bonds is 4. The van der Waals surface area contributed by atoms with Crippen LogP contribution in [0.2, 0.25) is 0 Å². The fraction of sp³-hybridized carbons (Fsp3) is 0.308. The molecule has 1 aliphatic rings. The van der Waals surface area contributed by atoms with Gasteiger partial charge in [0, 0.05) is 17.6 Å². The highest BCUT2D eigenvalue weighted by Gasteiger charge is 2.33. The van der Waals surface area contributed by atoms with Crippen LogP contribution in [0.5, 0.6) is 0 Å². The summed E-state index contributed by atoms with van der Waals surface area (Å²) in [6, 6.07) is 4.00. The molecule has 0 spiro atoms. The van der Waals surface area contributed by atoms with E-state index in [1.165, 1.54) is 0 Å². The molecule has 1 aromatic rings. The molecular weight excluding hydrogens is 342 g/mol. The zero-order valence-electron chi connectivity index (χ0n) is 11.0. The summed E-state index contributed by atoms with van der Waals surface area (Å²) in [6.45, 7) is 0.778. The standard InChI is InChI=1S/C13H14BrN3O4/c14-7-1-2-8(12(15)20)9(5-7)17-4-3-16-13(21)10(17)6-11(18)19/h1-2,5,10H,3-4,6H2,(H2,15,20)(H,16,21)(H,18,19). The number of nitrogens with two attached hydrogens (primary N) is 1. The van der Waals surface area contributed by atoms with E-state index >= 15 is 0 Å². The fourth-order valence-electron chi connectivity index (χ4n) is 2.32. The summed E-state index contributed by atoms with van der Waals surface area (Å²) in [4.78, 5) is 36.1. The van der Waals surface area contributed by atoms with Crippen molar-refractivity contribution in [1.29, 1.82) is 0 Å². The number of hydrogen-bond donors (Lipinski definition) is 3. The van der Waals surface area contributed by atoms with E-state index in [1.54, 1.807) is 23.1 Å². The minimum absolute atomic E-state index is 0.253. The quantitative estimate of drug-likeness (QED) is 0.720. The van der Waals surface area contributed by atoms with Crippen molar-refractivity contribution in [1.82, 2.24) is 5.32 Å². The number of carbonyl (C=O) groups excluding carboxylic acids is 2. The number of benzene rings is 1. The Balaban J connectivity index is 2.46. The molecule has 0 saturated carbocycles. The molecule has 0 bridgehead atoms. The summed E-state index contributed by atoms with van der Waals surface area (Å²) in [5.41, 5.74) is 6.06. The second-order valence-corrected chi connectivity index (χ2v) is 5.54. The molecule has 1 heterocycles. The zero-order chi connectivity index (χ0) is 15.6. The van der Waals surface area contributed by atoms with Gasteiger partial charge in [-0.05, 0) is 18.2 Å². The molecule has 21 heavy (non-hydrogen) atoms. The molecule has 0 aliphatic carbocycles. The number of nitrogens with one attached hydrogen (secondary N) is 1. The van der Waals surface area contributed by atoms with Crippen molar-refractivity contribution >= 4 is 39.4 Å². The predicted molar refractivity (Wildman–Crippen MR) is 79.1 cm³/mol. The average Bonchev–Trinajstić information content (AvgIpc) is 2.40. The minimum atomic E-state index is -1.09. The normalized spacial score (nSPS) is 18.2. The summed E-state index contributed by atoms with van der Waals surface area (Å²) in [5, 5.41) is 11.6. The molecule has 1 aromatic carbocycles. The first-order valence-corrected chi connectivity index (χ1v) is 7.05. The van der Waals surface area contributed by atoms with Gasteiger partial charge in [0.25, 0.3) is 5.91 Å². The van der Waals surface area contributed by atoms with E-state index in [-0.39, 0.29) is 17.9 Å². The molecule has 0 aromatic heterocycles. The van der Waals surface area contributed by atoms with Crippen molar-refractivity contribution in [2.45, 2.75) is 12.5 Å². The predicted octanol–water partition coefficient (Wildman–Crippen LogP) is 0.327. The molecule has 4 N–H and O–H groups in total. The number of carboxylic acids is 1. The van der Waals surface area contributed by atoms with E-state index in [4.69, 9.17) is 10.8 Å². The molecule has 0 radical (unpaired) electrons. The molecule has 1 saturated heterocycles. The van der Waals surface area contributed by atoms with Gasteiger partial charge in [-0.3, -0.25) is 14.4 Å². The molecule has 7 nitrogen and oxygen atoms in total. The molecule has 1 aliphatic heterocycles. The number of halogens is 1. The zero-order valence-corrected chi connectivity index (χ0v) is 12.6. The van der Waals surface area contributed by atoms with Gasteiger partial charge in [0.15, 0.2) is 0 Å². The van der Waals surface area contributed by atoms with Crippen LogP contribution in [-0.4, -0.2) is 42.0 Å². The Morgan fingerprint density at radius 3 is 2.81 bits per heavy atom. The Morgan fingerprint density at radius 2 is 2.19 bits per heavy atom. The summed E-state index contributed by atoms with van der Waals surface area (Å²) < 4.78 is 0.711. The van der Waals surface area contributed by atoms with Crippen molar-refractivity contribution in [2.75, 3.05) is 18.0 Å². The molecular formula is C13H14BrN3O4. The first-order valence-electron chi connectivity index (χ1n) is 6.25. The Morgan fingerprint density at radius 1 is 1.48 bits per heavy atom. The van der Waals surface area contributed by atoms with E-state index in [0.29, 0.717) is 23.2 Å². The molecule has 1 fully saturated rings. The number of anilines is 1. The van der Waals surface area contributed by atoms with Crippen LogP contribution in [0.4, 0.5) is 5.69 Å². The SMILES string of the molecule is NC(=O)c1ccc(Br)cc1N1CCNC(=O)C1CC(=O)O. The van der Waals surface area contributed by atoms with Gasteiger partial charge in [0.1, 0.15) is 6.04 Å². The van der Waals surface area contributed by atoms with Gasteiger partial charge in [0.05, 0.1) is 17.7 Å². The molecule has 2 amide bonds. The van der Waals surface area contributed by atoms with Crippen molar-refractivity contribution < 1.29 is 19.5 Å². The maximum absolute atomic E-state index is 11.9. The van der Waals surface area contributed by atoms with Crippen LogP contribution in [-0.2, 0) is 9.59 Å². The summed E-state index contributed by atoms with van der Waals surface area (Å²) in [5.74, 6) is -2.09. The van der Waals surface area contributed by atoms with Crippen LogP contribution in [0.15, 0.2) is 22.7 Å². The number of nitrogens with zero attached hydrogens (tertiary/aromatic N) is 1.